The summed E-state index contributed by atoms with van der Waals surface area (Å²) >= 11 is 3.49. The van der Waals surface area contributed by atoms with Gasteiger partial charge in [0.2, 0.25) is 6.79 Å². The van der Waals surface area contributed by atoms with Gasteiger partial charge in [-0.05, 0) is 49.1 Å². The van der Waals surface area contributed by atoms with Gasteiger partial charge in [-0.15, -0.1) is 0 Å². The van der Waals surface area contributed by atoms with E-state index in [9.17, 15) is 4.79 Å². The highest BCUT2D eigenvalue weighted by atomic mass is 79.9. The molecule has 3 atom stereocenters. The van der Waals surface area contributed by atoms with E-state index >= 15 is 0 Å². The van der Waals surface area contributed by atoms with Crippen molar-refractivity contribution in [2.75, 3.05) is 6.79 Å². The SMILES string of the molecule is O=C(C[C@H]1C[C@H]2CC[C@@H]1C2)OCc1cc2c(cc1Br)OCO2. The Balaban J connectivity index is 1.33. The number of carbonyl (C=O) groups excluding carboxylic acids is 1. The van der Waals surface area contributed by atoms with Crippen molar-refractivity contribution in [3.63, 3.8) is 0 Å². The normalized spacial score (nSPS) is 28.1. The highest BCUT2D eigenvalue weighted by Gasteiger charge is 2.40. The van der Waals surface area contributed by atoms with E-state index < -0.39 is 0 Å². The topological polar surface area (TPSA) is 44.8 Å². The zero-order valence-electron chi connectivity index (χ0n) is 12.3. The molecule has 3 aliphatic rings. The number of fused-ring (bicyclic) bond motifs is 3. The summed E-state index contributed by atoms with van der Waals surface area (Å²) in [4.78, 5) is 12.1. The molecule has 2 saturated carbocycles. The fraction of sp³-hybridized carbons (Fsp3) is 0.588. The third-order valence-corrected chi connectivity index (χ3v) is 5.98. The molecular weight excluding hydrogens is 348 g/mol. The monoisotopic (exact) mass is 366 g/mol. The molecule has 0 amide bonds. The molecule has 0 saturated heterocycles. The Morgan fingerprint density at radius 3 is 2.77 bits per heavy atom. The zero-order chi connectivity index (χ0) is 15.1. The van der Waals surface area contributed by atoms with E-state index in [1.54, 1.807) is 0 Å². The molecule has 5 heteroatoms. The molecule has 0 radical (unpaired) electrons. The van der Waals surface area contributed by atoms with Gasteiger partial charge in [0.15, 0.2) is 11.5 Å². The summed E-state index contributed by atoms with van der Waals surface area (Å²) in [6.45, 7) is 0.520. The lowest BCUT2D eigenvalue weighted by Crippen LogP contribution is -2.17. The Bertz CT molecular complexity index is 601. The molecule has 2 aliphatic carbocycles. The Morgan fingerprint density at radius 1 is 1.23 bits per heavy atom. The van der Waals surface area contributed by atoms with Gasteiger partial charge >= 0.3 is 5.97 Å². The van der Waals surface area contributed by atoms with E-state index in [0.717, 1.165) is 27.6 Å². The van der Waals surface area contributed by atoms with Crippen molar-refractivity contribution in [3.05, 3.63) is 22.2 Å². The van der Waals surface area contributed by atoms with Crippen molar-refractivity contribution < 1.29 is 19.0 Å². The molecule has 1 aromatic rings. The molecule has 4 rings (SSSR count). The first kappa shape index (κ1) is 14.4. The summed E-state index contributed by atoms with van der Waals surface area (Å²) in [5, 5.41) is 0. The Kier molecular flexibility index (Phi) is 3.76. The molecule has 0 N–H and O–H groups in total. The molecule has 0 aromatic heterocycles. The van der Waals surface area contributed by atoms with Gasteiger partial charge in [0.05, 0.1) is 0 Å². The third kappa shape index (κ3) is 2.71. The number of esters is 1. The van der Waals surface area contributed by atoms with Crippen molar-refractivity contribution >= 4 is 21.9 Å². The first-order chi connectivity index (χ1) is 10.7. The lowest BCUT2D eigenvalue weighted by molar-refractivity contribution is -0.146. The minimum Gasteiger partial charge on any atom is -0.461 e. The van der Waals surface area contributed by atoms with Crippen molar-refractivity contribution in [2.24, 2.45) is 17.8 Å². The third-order valence-electron chi connectivity index (χ3n) is 5.24. The summed E-state index contributed by atoms with van der Waals surface area (Å²) in [6, 6.07) is 3.73. The highest BCUT2D eigenvalue weighted by molar-refractivity contribution is 9.10. The van der Waals surface area contributed by atoms with Crippen LogP contribution in [0.1, 0.15) is 37.7 Å². The van der Waals surface area contributed by atoms with Crippen LogP contribution in [-0.4, -0.2) is 12.8 Å². The van der Waals surface area contributed by atoms with Crippen LogP contribution in [0.5, 0.6) is 11.5 Å². The molecule has 1 aliphatic heterocycles. The molecule has 1 heterocycles. The summed E-state index contributed by atoms with van der Waals surface area (Å²) in [5.41, 5.74) is 0.908. The predicted octanol–water partition coefficient (Wildman–Crippen LogP) is 4.05. The number of carbonyl (C=O) groups is 1. The average Bonchev–Trinajstić information content (AvgIpc) is 3.20. The van der Waals surface area contributed by atoms with Crippen molar-refractivity contribution in [1.29, 1.82) is 0 Å². The molecule has 118 valence electrons. The molecule has 0 unspecified atom stereocenters. The van der Waals surface area contributed by atoms with Gasteiger partial charge in [0, 0.05) is 16.5 Å². The van der Waals surface area contributed by atoms with Gasteiger partial charge < -0.3 is 14.2 Å². The summed E-state index contributed by atoms with van der Waals surface area (Å²) in [7, 11) is 0. The molecule has 2 fully saturated rings. The Hall–Kier alpha value is -1.23. The molecular formula is C17H19BrO4. The van der Waals surface area contributed by atoms with Crippen LogP contribution in [0.4, 0.5) is 0 Å². The predicted molar refractivity (Wildman–Crippen MR) is 83.6 cm³/mol. The van der Waals surface area contributed by atoms with Crippen LogP contribution in [-0.2, 0) is 16.1 Å². The number of rotatable bonds is 4. The number of halogens is 1. The molecule has 0 spiro atoms. The van der Waals surface area contributed by atoms with E-state index in [2.05, 4.69) is 15.9 Å². The van der Waals surface area contributed by atoms with Gasteiger partial charge in [-0.1, -0.05) is 22.4 Å². The van der Waals surface area contributed by atoms with Crippen LogP contribution < -0.4 is 9.47 Å². The second-order valence-electron chi connectivity index (χ2n) is 6.60. The van der Waals surface area contributed by atoms with Crippen LogP contribution in [0, 0.1) is 17.8 Å². The van der Waals surface area contributed by atoms with E-state index in [1.807, 2.05) is 12.1 Å². The number of benzene rings is 1. The lowest BCUT2D eigenvalue weighted by atomic mass is 9.86. The fourth-order valence-electron chi connectivity index (χ4n) is 4.13. The molecule has 2 bridgehead atoms. The zero-order valence-corrected chi connectivity index (χ0v) is 13.9. The van der Waals surface area contributed by atoms with Crippen molar-refractivity contribution in [3.8, 4) is 11.5 Å². The van der Waals surface area contributed by atoms with E-state index in [1.165, 1.54) is 25.7 Å². The standard InChI is InChI=1S/C17H19BrO4/c18-14-7-16-15(21-9-22-16)5-13(14)8-20-17(19)6-12-4-10-1-2-11(12)3-10/h5,7,10-12H,1-4,6,8-9H2/t10-,11+,12+/m0/s1. The van der Waals surface area contributed by atoms with Crippen LogP contribution in [0.2, 0.25) is 0 Å². The van der Waals surface area contributed by atoms with Crippen LogP contribution in [0.25, 0.3) is 0 Å². The minimum atomic E-state index is -0.0814. The van der Waals surface area contributed by atoms with E-state index in [4.69, 9.17) is 14.2 Å². The second kappa shape index (κ2) is 5.76. The van der Waals surface area contributed by atoms with Gasteiger partial charge in [0.1, 0.15) is 6.61 Å². The number of hydrogen-bond donors (Lipinski definition) is 0. The van der Waals surface area contributed by atoms with Gasteiger partial charge in [-0.25, -0.2) is 0 Å². The maximum absolute atomic E-state index is 12.1. The molecule has 4 nitrogen and oxygen atoms in total. The van der Waals surface area contributed by atoms with Gasteiger partial charge in [0.25, 0.3) is 0 Å². The van der Waals surface area contributed by atoms with E-state index in [-0.39, 0.29) is 19.4 Å². The minimum absolute atomic E-state index is 0.0814. The summed E-state index contributed by atoms with van der Waals surface area (Å²) in [5.74, 6) is 3.53. The Morgan fingerprint density at radius 2 is 2.05 bits per heavy atom. The number of hydrogen-bond acceptors (Lipinski definition) is 4. The highest BCUT2D eigenvalue weighted by Crippen LogP contribution is 2.49. The first-order valence-electron chi connectivity index (χ1n) is 7.92. The van der Waals surface area contributed by atoms with Crippen molar-refractivity contribution in [1.82, 2.24) is 0 Å². The lowest BCUT2D eigenvalue weighted by Gasteiger charge is -2.20. The van der Waals surface area contributed by atoms with Crippen LogP contribution >= 0.6 is 15.9 Å². The summed E-state index contributed by atoms with van der Waals surface area (Å²) in [6.07, 6.45) is 5.78. The number of ether oxygens (including phenoxy) is 3. The first-order valence-corrected chi connectivity index (χ1v) is 8.72. The van der Waals surface area contributed by atoms with Crippen LogP contribution in [0.3, 0.4) is 0 Å². The summed E-state index contributed by atoms with van der Waals surface area (Å²) < 4.78 is 17.0. The smallest absolute Gasteiger partial charge is 0.306 e. The Labute approximate surface area is 138 Å². The van der Waals surface area contributed by atoms with E-state index in [0.29, 0.717) is 18.1 Å². The largest absolute Gasteiger partial charge is 0.461 e. The van der Waals surface area contributed by atoms with Crippen LogP contribution in [0.15, 0.2) is 16.6 Å². The fourth-order valence-corrected chi connectivity index (χ4v) is 4.56. The average molecular weight is 367 g/mol. The quantitative estimate of drug-likeness (QED) is 0.754. The molecule has 22 heavy (non-hydrogen) atoms. The second-order valence-corrected chi connectivity index (χ2v) is 7.45. The maximum atomic E-state index is 12.1. The van der Waals surface area contributed by atoms with Gasteiger partial charge in [-0.2, -0.15) is 0 Å². The maximum Gasteiger partial charge on any atom is 0.306 e. The van der Waals surface area contributed by atoms with Crippen molar-refractivity contribution in [2.45, 2.75) is 38.7 Å². The van der Waals surface area contributed by atoms with Gasteiger partial charge in [-0.3, -0.25) is 4.79 Å². The molecule has 1 aromatic carbocycles.